The van der Waals surface area contributed by atoms with E-state index in [9.17, 15) is 4.79 Å². The van der Waals surface area contributed by atoms with Crippen LogP contribution in [0.1, 0.15) is 41.3 Å². The molecular formula is C24H28N4O2S. The topological polar surface area (TPSA) is 60.2 Å². The van der Waals surface area contributed by atoms with Crippen LogP contribution in [0, 0.1) is 6.92 Å². The van der Waals surface area contributed by atoms with Gasteiger partial charge in [0, 0.05) is 18.7 Å². The lowest BCUT2D eigenvalue weighted by Crippen LogP contribution is -2.37. The standard InChI is InChI=1S/C24H28N4O2S/c1-17(2)19-6-8-20(9-7-19)22(29)16-31-24-26-25-23(27-12-14-30-15-13-27)28(24)21-10-4-18(3)5-11-21/h4-11,17H,12-16H2,1-3H3. The lowest BCUT2D eigenvalue weighted by atomic mass is 10.0. The third-order valence-electron chi connectivity index (χ3n) is 5.43. The number of rotatable bonds is 7. The van der Waals surface area contributed by atoms with Gasteiger partial charge in [-0.25, -0.2) is 0 Å². The van der Waals surface area contributed by atoms with E-state index in [0.717, 1.165) is 35.4 Å². The maximum absolute atomic E-state index is 12.8. The number of ether oxygens (including phenoxy) is 1. The van der Waals surface area contributed by atoms with E-state index in [1.807, 2.05) is 28.8 Å². The maximum atomic E-state index is 12.8. The van der Waals surface area contributed by atoms with E-state index < -0.39 is 0 Å². The molecule has 7 heteroatoms. The molecular weight excluding hydrogens is 408 g/mol. The quantitative estimate of drug-likeness (QED) is 0.401. The maximum Gasteiger partial charge on any atom is 0.232 e. The number of hydrogen-bond donors (Lipinski definition) is 0. The zero-order valence-corrected chi connectivity index (χ0v) is 19.1. The Labute approximate surface area is 187 Å². The van der Waals surface area contributed by atoms with E-state index in [4.69, 9.17) is 4.74 Å². The SMILES string of the molecule is Cc1ccc(-n2c(SCC(=O)c3ccc(C(C)C)cc3)nnc2N2CCOCC2)cc1. The van der Waals surface area contributed by atoms with E-state index >= 15 is 0 Å². The zero-order valence-electron chi connectivity index (χ0n) is 18.2. The Balaban J connectivity index is 1.56. The van der Waals surface area contributed by atoms with Crippen molar-refractivity contribution in [2.24, 2.45) is 0 Å². The van der Waals surface area contributed by atoms with Crippen LogP contribution in [-0.2, 0) is 4.74 Å². The number of Topliss-reactive ketones (excluding diaryl/α,β-unsaturated/α-hetero) is 1. The number of thioether (sulfide) groups is 1. The highest BCUT2D eigenvalue weighted by Gasteiger charge is 2.22. The summed E-state index contributed by atoms with van der Waals surface area (Å²) in [5, 5.41) is 9.63. The Hall–Kier alpha value is -2.64. The fourth-order valence-electron chi connectivity index (χ4n) is 3.51. The lowest BCUT2D eigenvalue weighted by Gasteiger charge is -2.27. The predicted octanol–water partition coefficient (Wildman–Crippen LogP) is 4.51. The molecule has 0 spiro atoms. The molecule has 0 radical (unpaired) electrons. The van der Waals surface area contributed by atoms with Crippen LogP contribution >= 0.6 is 11.8 Å². The zero-order chi connectivity index (χ0) is 21.8. The van der Waals surface area contributed by atoms with Gasteiger partial charge < -0.3 is 9.64 Å². The van der Waals surface area contributed by atoms with Crippen molar-refractivity contribution in [2.75, 3.05) is 37.0 Å². The van der Waals surface area contributed by atoms with Gasteiger partial charge >= 0.3 is 0 Å². The molecule has 2 aromatic carbocycles. The molecule has 4 rings (SSSR count). The van der Waals surface area contributed by atoms with Gasteiger partial charge in [-0.3, -0.25) is 9.36 Å². The first-order valence-corrected chi connectivity index (χ1v) is 11.6. The fraction of sp³-hybridized carbons (Fsp3) is 0.375. The Morgan fingerprint density at radius 1 is 1.03 bits per heavy atom. The summed E-state index contributed by atoms with van der Waals surface area (Å²) in [6, 6.07) is 16.2. The van der Waals surface area contributed by atoms with Gasteiger partial charge in [0.2, 0.25) is 5.95 Å². The van der Waals surface area contributed by atoms with E-state index in [2.05, 4.69) is 60.1 Å². The number of nitrogens with zero attached hydrogens (tertiary/aromatic N) is 4. The number of aryl methyl sites for hydroxylation is 1. The van der Waals surface area contributed by atoms with Gasteiger partial charge in [-0.15, -0.1) is 10.2 Å². The van der Waals surface area contributed by atoms with Crippen molar-refractivity contribution in [3.8, 4) is 5.69 Å². The molecule has 0 unspecified atom stereocenters. The van der Waals surface area contributed by atoms with Gasteiger partial charge in [-0.1, -0.05) is 67.6 Å². The van der Waals surface area contributed by atoms with Crippen molar-refractivity contribution in [1.29, 1.82) is 0 Å². The summed E-state index contributed by atoms with van der Waals surface area (Å²) in [5.74, 6) is 1.65. The largest absolute Gasteiger partial charge is 0.378 e. The number of morpholine rings is 1. The van der Waals surface area contributed by atoms with Crippen molar-refractivity contribution in [3.05, 3.63) is 65.2 Å². The first kappa shape index (κ1) is 21.6. The lowest BCUT2D eigenvalue weighted by molar-refractivity contribution is 0.102. The van der Waals surface area contributed by atoms with E-state index in [1.54, 1.807) is 0 Å². The molecule has 0 bridgehead atoms. The molecule has 1 aliphatic rings. The van der Waals surface area contributed by atoms with Gasteiger partial charge in [-0.05, 0) is 30.5 Å². The van der Waals surface area contributed by atoms with E-state index in [0.29, 0.717) is 24.9 Å². The Kier molecular flexibility index (Phi) is 6.73. The minimum Gasteiger partial charge on any atom is -0.378 e. The van der Waals surface area contributed by atoms with Crippen LogP contribution in [0.15, 0.2) is 53.7 Å². The predicted molar refractivity (Wildman–Crippen MR) is 125 cm³/mol. The minimum absolute atomic E-state index is 0.0895. The molecule has 0 atom stereocenters. The van der Waals surface area contributed by atoms with Crippen LogP contribution in [0.3, 0.4) is 0 Å². The summed E-state index contributed by atoms with van der Waals surface area (Å²) < 4.78 is 7.54. The molecule has 3 aromatic rings. The van der Waals surface area contributed by atoms with Gasteiger partial charge in [0.25, 0.3) is 0 Å². The van der Waals surface area contributed by atoms with Gasteiger partial charge in [0.05, 0.1) is 24.7 Å². The second kappa shape index (κ2) is 9.66. The Morgan fingerprint density at radius 3 is 2.35 bits per heavy atom. The normalized spacial score (nSPS) is 14.3. The van der Waals surface area contributed by atoms with Crippen LogP contribution in [0.25, 0.3) is 5.69 Å². The molecule has 162 valence electrons. The van der Waals surface area contributed by atoms with Crippen LogP contribution in [0.4, 0.5) is 5.95 Å². The molecule has 0 N–H and O–H groups in total. The monoisotopic (exact) mass is 436 g/mol. The van der Waals surface area contributed by atoms with Crippen LogP contribution in [0.2, 0.25) is 0 Å². The number of carbonyl (C=O) groups excluding carboxylic acids is 1. The van der Waals surface area contributed by atoms with Crippen molar-refractivity contribution in [1.82, 2.24) is 14.8 Å². The van der Waals surface area contributed by atoms with Crippen molar-refractivity contribution in [2.45, 2.75) is 31.8 Å². The molecule has 0 aliphatic carbocycles. The molecule has 1 saturated heterocycles. The Bertz CT molecular complexity index is 1020. The second-order valence-electron chi connectivity index (χ2n) is 8.04. The number of benzene rings is 2. The first-order chi connectivity index (χ1) is 15.0. The molecule has 1 aliphatic heterocycles. The number of anilines is 1. The molecule has 2 heterocycles. The summed E-state index contributed by atoms with van der Waals surface area (Å²) >= 11 is 1.43. The first-order valence-electron chi connectivity index (χ1n) is 10.6. The van der Waals surface area contributed by atoms with E-state index in [-0.39, 0.29) is 5.78 Å². The molecule has 6 nitrogen and oxygen atoms in total. The third-order valence-corrected chi connectivity index (χ3v) is 6.36. The summed E-state index contributed by atoms with van der Waals surface area (Å²) in [6.07, 6.45) is 0. The summed E-state index contributed by atoms with van der Waals surface area (Å²) in [4.78, 5) is 15.0. The highest BCUT2D eigenvalue weighted by molar-refractivity contribution is 7.99. The summed E-state index contributed by atoms with van der Waals surface area (Å²) in [6.45, 7) is 9.26. The third kappa shape index (κ3) is 4.99. The highest BCUT2D eigenvalue weighted by atomic mass is 32.2. The van der Waals surface area contributed by atoms with Crippen LogP contribution < -0.4 is 4.90 Å². The van der Waals surface area contributed by atoms with E-state index in [1.165, 1.54) is 22.9 Å². The molecule has 1 aromatic heterocycles. The number of ketones is 1. The van der Waals surface area contributed by atoms with Gasteiger partial charge in [0.1, 0.15) is 0 Å². The minimum atomic E-state index is 0.0895. The van der Waals surface area contributed by atoms with Crippen LogP contribution in [0.5, 0.6) is 0 Å². The number of aromatic nitrogens is 3. The summed E-state index contributed by atoms with van der Waals surface area (Å²) in [5.41, 5.74) is 4.15. The highest BCUT2D eigenvalue weighted by Crippen LogP contribution is 2.28. The van der Waals surface area contributed by atoms with Crippen molar-refractivity contribution < 1.29 is 9.53 Å². The fourth-order valence-corrected chi connectivity index (χ4v) is 4.35. The number of carbonyl (C=O) groups is 1. The molecule has 1 fully saturated rings. The van der Waals surface area contributed by atoms with Crippen molar-refractivity contribution in [3.63, 3.8) is 0 Å². The smallest absolute Gasteiger partial charge is 0.232 e. The Morgan fingerprint density at radius 2 is 1.71 bits per heavy atom. The van der Waals surface area contributed by atoms with Crippen LogP contribution in [-0.4, -0.2) is 52.6 Å². The second-order valence-corrected chi connectivity index (χ2v) is 8.98. The van der Waals surface area contributed by atoms with Crippen molar-refractivity contribution >= 4 is 23.5 Å². The van der Waals surface area contributed by atoms with Gasteiger partial charge in [0.15, 0.2) is 10.9 Å². The number of hydrogen-bond acceptors (Lipinski definition) is 6. The molecule has 0 amide bonds. The summed E-state index contributed by atoms with van der Waals surface area (Å²) in [7, 11) is 0. The average molecular weight is 437 g/mol. The van der Waals surface area contributed by atoms with Gasteiger partial charge in [-0.2, -0.15) is 0 Å². The molecule has 31 heavy (non-hydrogen) atoms. The average Bonchev–Trinajstić information content (AvgIpc) is 3.22. The molecule has 0 saturated carbocycles.